The first kappa shape index (κ1) is 21.5. The molecular formula is C27H25N3O. The summed E-state index contributed by atoms with van der Waals surface area (Å²) in [7, 11) is 0. The van der Waals surface area contributed by atoms with E-state index in [2.05, 4.69) is 28.5 Å². The highest BCUT2D eigenvalue weighted by molar-refractivity contribution is 5.98. The molecule has 0 heterocycles. The molecule has 0 unspecified atom stereocenters. The van der Waals surface area contributed by atoms with Gasteiger partial charge in [-0.2, -0.15) is 0 Å². The van der Waals surface area contributed by atoms with Crippen molar-refractivity contribution >= 4 is 35.7 Å². The van der Waals surface area contributed by atoms with Gasteiger partial charge in [-0.05, 0) is 34.9 Å². The highest BCUT2D eigenvalue weighted by Gasteiger charge is 1.97. The second-order valence-electron chi connectivity index (χ2n) is 6.88. The number of nitrogens with two attached hydrogens (primary N) is 1. The lowest BCUT2D eigenvalue weighted by atomic mass is 10.1. The molecule has 0 aliphatic rings. The van der Waals surface area contributed by atoms with E-state index in [1.165, 1.54) is 12.5 Å². The monoisotopic (exact) mass is 407 g/mol. The van der Waals surface area contributed by atoms with Crippen molar-refractivity contribution in [2.45, 2.75) is 6.92 Å². The Morgan fingerprint density at radius 1 is 0.774 bits per heavy atom. The molecule has 154 valence electrons. The van der Waals surface area contributed by atoms with Gasteiger partial charge in [0.15, 0.2) is 0 Å². The number of carbonyl (C=O) groups excluding carboxylic acids is 1. The third-order valence-electron chi connectivity index (χ3n) is 4.41. The van der Waals surface area contributed by atoms with Crippen molar-refractivity contribution in [3.8, 4) is 0 Å². The number of amidine groups is 1. The van der Waals surface area contributed by atoms with Gasteiger partial charge in [0.25, 0.3) is 0 Å². The summed E-state index contributed by atoms with van der Waals surface area (Å²) in [6, 6.07) is 25.6. The largest absolute Gasteiger partial charge is 0.383 e. The standard InChI is InChI=1S/C27H25N3O/c1-21(31)30-26-17-13-24(14-18-26)19-20-29-27(28)25-15-11-23(12-16-25)10-6-5-9-22-7-3-2-4-8-22/h2-20H,1H3,(H2,28,29)(H,30,31). The lowest BCUT2D eigenvalue weighted by Crippen LogP contribution is -2.12. The van der Waals surface area contributed by atoms with Crippen molar-refractivity contribution < 1.29 is 4.79 Å². The molecule has 0 spiro atoms. The molecule has 3 aromatic carbocycles. The summed E-state index contributed by atoms with van der Waals surface area (Å²) in [6.07, 6.45) is 11.7. The first-order chi connectivity index (χ1) is 15.1. The molecule has 4 nitrogen and oxygen atoms in total. The van der Waals surface area contributed by atoms with Gasteiger partial charge in [0, 0.05) is 24.4 Å². The summed E-state index contributed by atoms with van der Waals surface area (Å²) >= 11 is 0. The summed E-state index contributed by atoms with van der Waals surface area (Å²) in [5.74, 6) is 0.358. The van der Waals surface area contributed by atoms with Crippen LogP contribution in [0, 0.1) is 0 Å². The molecule has 0 aliphatic carbocycles. The fourth-order valence-electron chi connectivity index (χ4n) is 2.82. The molecule has 0 radical (unpaired) electrons. The van der Waals surface area contributed by atoms with Crippen molar-refractivity contribution in [3.63, 3.8) is 0 Å². The minimum Gasteiger partial charge on any atom is -0.383 e. The molecule has 0 aromatic heterocycles. The fraction of sp³-hybridized carbons (Fsp3) is 0.0370. The Morgan fingerprint density at radius 2 is 1.32 bits per heavy atom. The van der Waals surface area contributed by atoms with E-state index < -0.39 is 0 Å². The molecule has 0 atom stereocenters. The van der Waals surface area contributed by atoms with Crippen LogP contribution < -0.4 is 11.1 Å². The zero-order valence-electron chi connectivity index (χ0n) is 17.4. The van der Waals surface area contributed by atoms with Gasteiger partial charge in [0.1, 0.15) is 5.84 Å². The predicted molar refractivity (Wildman–Crippen MR) is 131 cm³/mol. The minimum absolute atomic E-state index is 0.0918. The Labute approximate surface area is 183 Å². The number of aliphatic imine (C=N–C) groups is 1. The maximum Gasteiger partial charge on any atom is 0.221 e. The molecule has 0 saturated carbocycles. The zero-order valence-corrected chi connectivity index (χ0v) is 17.4. The smallest absolute Gasteiger partial charge is 0.221 e. The molecular weight excluding hydrogens is 382 g/mol. The molecule has 0 aliphatic heterocycles. The molecule has 0 fully saturated rings. The van der Waals surface area contributed by atoms with Crippen molar-refractivity contribution in [1.29, 1.82) is 0 Å². The highest BCUT2D eigenvalue weighted by atomic mass is 16.1. The summed E-state index contributed by atoms with van der Waals surface area (Å²) in [5.41, 5.74) is 10.9. The highest BCUT2D eigenvalue weighted by Crippen LogP contribution is 2.11. The van der Waals surface area contributed by atoms with Crippen LogP contribution in [0.3, 0.4) is 0 Å². The van der Waals surface area contributed by atoms with E-state index in [-0.39, 0.29) is 5.91 Å². The summed E-state index contributed by atoms with van der Waals surface area (Å²) in [4.78, 5) is 15.4. The maximum atomic E-state index is 11.1. The average molecular weight is 408 g/mol. The SMILES string of the molecule is CC(=O)Nc1ccc(C=CN=C(N)c2ccc(C=CC=Cc3ccccc3)cc2)cc1. The second-order valence-corrected chi connectivity index (χ2v) is 6.88. The normalized spacial score (nSPS) is 12.1. The number of hydrogen-bond donors (Lipinski definition) is 2. The van der Waals surface area contributed by atoms with Crippen LogP contribution in [0.1, 0.15) is 29.2 Å². The number of rotatable bonds is 7. The zero-order chi connectivity index (χ0) is 21.9. The molecule has 4 heteroatoms. The van der Waals surface area contributed by atoms with Crippen molar-refractivity contribution in [2.75, 3.05) is 5.32 Å². The lowest BCUT2D eigenvalue weighted by Gasteiger charge is -2.02. The van der Waals surface area contributed by atoms with Gasteiger partial charge in [0.2, 0.25) is 5.91 Å². The summed E-state index contributed by atoms with van der Waals surface area (Å²) < 4.78 is 0. The van der Waals surface area contributed by atoms with Gasteiger partial charge in [-0.15, -0.1) is 0 Å². The Hall–Kier alpha value is -4.18. The Kier molecular flexibility index (Phi) is 7.72. The predicted octanol–water partition coefficient (Wildman–Crippen LogP) is 5.75. The number of benzene rings is 3. The first-order valence-corrected chi connectivity index (χ1v) is 9.98. The van der Waals surface area contributed by atoms with E-state index in [1.54, 1.807) is 6.20 Å². The van der Waals surface area contributed by atoms with Gasteiger partial charge < -0.3 is 11.1 Å². The van der Waals surface area contributed by atoms with E-state index in [0.717, 1.165) is 22.4 Å². The first-order valence-electron chi connectivity index (χ1n) is 9.98. The maximum absolute atomic E-state index is 11.1. The molecule has 1 amide bonds. The van der Waals surface area contributed by atoms with E-state index in [0.29, 0.717) is 5.84 Å². The molecule has 3 N–H and O–H groups in total. The number of anilines is 1. The molecule has 0 saturated heterocycles. The number of carbonyl (C=O) groups is 1. The quantitative estimate of drug-likeness (QED) is 0.298. The van der Waals surface area contributed by atoms with E-state index in [1.807, 2.05) is 91.0 Å². The van der Waals surface area contributed by atoms with Crippen LogP contribution in [0.15, 0.2) is 102 Å². The van der Waals surface area contributed by atoms with Crippen LogP contribution in [0.5, 0.6) is 0 Å². The fourth-order valence-corrected chi connectivity index (χ4v) is 2.82. The van der Waals surface area contributed by atoms with Gasteiger partial charge in [-0.1, -0.05) is 91.0 Å². The Morgan fingerprint density at radius 3 is 1.94 bits per heavy atom. The van der Waals surface area contributed by atoms with Gasteiger partial charge in [-0.25, -0.2) is 4.99 Å². The van der Waals surface area contributed by atoms with E-state index in [9.17, 15) is 4.79 Å². The third kappa shape index (κ3) is 7.29. The second kappa shape index (κ2) is 11.1. The van der Waals surface area contributed by atoms with E-state index >= 15 is 0 Å². The topological polar surface area (TPSA) is 67.5 Å². The molecule has 3 aromatic rings. The Bertz CT molecular complexity index is 1110. The number of allylic oxidation sites excluding steroid dienone is 2. The number of amides is 1. The van der Waals surface area contributed by atoms with Crippen LogP contribution in [0.4, 0.5) is 5.69 Å². The number of hydrogen-bond acceptors (Lipinski definition) is 2. The third-order valence-corrected chi connectivity index (χ3v) is 4.41. The lowest BCUT2D eigenvalue weighted by molar-refractivity contribution is -0.114. The van der Waals surface area contributed by atoms with Gasteiger partial charge in [0.05, 0.1) is 0 Å². The van der Waals surface area contributed by atoms with Crippen LogP contribution in [0.25, 0.3) is 18.2 Å². The van der Waals surface area contributed by atoms with Crippen LogP contribution >= 0.6 is 0 Å². The Balaban J connectivity index is 1.56. The van der Waals surface area contributed by atoms with Crippen LogP contribution in [0.2, 0.25) is 0 Å². The average Bonchev–Trinajstić information content (AvgIpc) is 2.78. The van der Waals surface area contributed by atoms with Crippen molar-refractivity contribution in [3.05, 3.63) is 119 Å². The summed E-state index contributed by atoms with van der Waals surface area (Å²) in [5, 5.41) is 2.74. The van der Waals surface area contributed by atoms with Gasteiger partial charge in [-0.3, -0.25) is 4.79 Å². The minimum atomic E-state index is -0.0918. The van der Waals surface area contributed by atoms with Gasteiger partial charge >= 0.3 is 0 Å². The number of nitrogens with one attached hydrogen (secondary N) is 1. The molecule has 0 bridgehead atoms. The number of nitrogens with zero attached hydrogens (tertiary/aromatic N) is 1. The van der Waals surface area contributed by atoms with Crippen molar-refractivity contribution in [1.82, 2.24) is 0 Å². The molecule has 31 heavy (non-hydrogen) atoms. The van der Waals surface area contributed by atoms with Crippen LogP contribution in [-0.2, 0) is 4.79 Å². The summed E-state index contributed by atoms with van der Waals surface area (Å²) in [6.45, 7) is 1.48. The van der Waals surface area contributed by atoms with Crippen molar-refractivity contribution in [2.24, 2.45) is 10.7 Å². The van der Waals surface area contributed by atoms with Crippen LogP contribution in [-0.4, -0.2) is 11.7 Å². The molecule has 3 rings (SSSR count). The van der Waals surface area contributed by atoms with E-state index in [4.69, 9.17) is 5.73 Å².